The number of amides is 1. The van der Waals surface area contributed by atoms with Crippen LogP contribution in [0, 0.1) is 17.8 Å². The van der Waals surface area contributed by atoms with Crippen LogP contribution in [0.5, 0.6) is 0 Å². The molecule has 4 nitrogen and oxygen atoms in total. The molecule has 2 aliphatic carbocycles. The minimum Gasteiger partial charge on any atom is -0.481 e. The van der Waals surface area contributed by atoms with Crippen molar-refractivity contribution in [3.63, 3.8) is 0 Å². The van der Waals surface area contributed by atoms with E-state index in [2.05, 4.69) is 5.32 Å². The highest BCUT2D eigenvalue weighted by molar-refractivity contribution is 5.73. The lowest BCUT2D eigenvalue weighted by molar-refractivity contribution is -0.145. The summed E-state index contributed by atoms with van der Waals surface area (Å²) in [7, 11) is 0. The van der Waals surface area contributed by atoms with Gasteiger partial charge >= 0.3 is 5.97 Å². The first kappa shape index (κ1) is 15.3. The van der Waals surface area contributed by atoms with Crippen LogP contribution in [0.2, 0.25) is 0 Å². The van der Waals surface area contributed by atoms with Crippen LogP contribution < -0.4 is 5.32 Å². The molecule has 0 aromatic heterocycles. The second kappa shape index (κ2) is 7.09. The van der Waals surface area contributed by atoms with E-state index in [0.29, 0.717) is 11.8 Å². The van der Waals surface area contributed by atoms with Crippen molar-refractivity contribution in [3.8, 4) is 0 Å². The first-order valence-electron chi connectivity index (χ1n) is 8.08. The topological polar surface area (TPSA) is 66.4 Å². The monoisotopic (exact) mass is 281 g/mol. The number of nitrogens with one attached hydrogen (secondary N) is 1. The molecule has 20 heavy (non-hydrogen) atoms. The predicted molar refractivity (Wildman–Crippen MR) is 77.3 cm³/mol. The van der Waals surface area contributed by atoms with E-state index in [-0.39, 0.29) is 17.9 Å². The second-order valence-corrected chi connectivity index (χ2v) is 6.58. The Morgan fingerprint density at radius 3 is 2.25 bits per heavy atom. The smallest absolute Gasteiger partial charge is 0.306 e. The minimum atomic E-state index is -0.624. The third kappa shape index (κ3) is 3.97. The van der Waals surface area contributed by atoms with Gasteiger partial charge in [-0.25, -0.2) is 0 Å². The van der Waals surface area contributed by atoms with Crippen molar-refractivity contribution >= 4 is 11.9 Å². The molecule has 0 aromatic rings. The van der Waals surface area contributed by atoms with E-state index in [1.54, 1.807) is 6.92 Å². The van der Waals surface area contributed by atoms with Gasteiger partial charge in [0.05, 0.1) is 5.92 Å². The Kier molecular flexibility index (Phi) is 5.44. The summed E-state index contributed by atoms with van der Waals surface area (Å²) in [6.45, 7) is 1.58. The fourth-order valence-electron chi connectivity index (χ4n) is 4.14. The van der Waals surface area contributed by atoms with Crippen molar-refractivity contribution in [1.29, 1.82) is 0 Å². The van der Waals surface area contributed by atoms with Crippen LogP contribution >= 0.6 is 0 Å². The van der Waals surface area contributed by atoms with Crippen LogP contribution in [-0.4, -0.2) is 23.0 Å². The molecule has 0 aromatic carbocycles. The van der Waals surface area contributed by atoms with Gasteiger partial charge < -0.3 is 10.4 Å². The van der Waals surface area contributed by atoms with E-state index in [1.165, 1.54) is 12.8 Å². The lowest BCUT2D eigenvalue weighted by Crippen LogP contribution is -2.42. The summed E-state index contributed by atoms with van der Waals surface area (Å²) in [6.07, 6.45) is 9.63. The molecule has 0 aliphatic heterocycles. The van der Waals surface area contributed by atoms with E-state index in [4.69, 9.17) is 0 Å². The van der Waals surface area contributed by atoms with Crippen LogP contribution in [0.15, 0.2) is 0 Å². The summed E-state index contributed by atoms with van der Waals surface area (Å²) >= 11 is 0. The van der Waals surface area contributed by atoms with Gasteiger partial charge in [-0.3, -0.25) is 9.59 Å². The van der Waals surface area contributed by atoms with Gasteiger partial charge in [0.25, 0.3) is 0 Å². The van der Waals surface area contributed by atoms with Crippen molar-refractivity contribution in [1.82, 2.24) is 5.32 Å². The lowest BCUT2D eigenvalue weighted by atomic mass is 9.71. The Balaban J connectivity index is 1.97. The standard InChI is InChI=1S/C16H27NO3/c1-11(18)17-15-9-5-3-7-13(15)10-12-6-2-4-8-14(12)16(19)20/h12-15H,2-10H2,1H3,(H,17,18)(H,19,20). The van der Waals surface area contributed by atoms with Crippen molar-refractivity contribution in [2.45, 2.75) is 70.8 Å². The molecule has 2 saturated carbocycles. The number of carbonyl (C=O) groups excluding carboxylic acids is 1. The molecule has 2 fully saturated rings. The Bertz CT molecular complexity index is 356. The van der Waals surface area contributed by atoms with Gasteiger partial charge in [0, 0.05) is 13.0 Å². The zero-order valence-corrected chi connectivity index (χ0v) is 12.4. The molecule has 0 bridgehead atoms. The number of rotatable bonds is 4. The summed E-state index contributed by atoms with van der Waals surface area (Å²) in [5.41, 5.74) is 0. The summed E-state index contributed by atoms with van der Waals surface area (Å²) in [6, 6.07) is 0.262. The molecule has 4 atom stereocenters. The average molecular weight is 281 g/mol. The minimum absolute atomic E-state index is 0.0420. The molecular weight excluding hydrogens is 254 g/mol. The molecule has 2 aliphatic rings. The fourth-order valence-corrected chi connectivity index (χ4v) is 4.14. The molecule has 0 saturated heterocycles. The maximum absolute atomic E-state index is 11.4. The first-order chi connectivity index (χ1) is 9.58. The molecule has 0 heterocycles. The van der Waals surface area contributed by atoms with Gasteiger partial charge in [0.2, 0.25) is 5.91 Å². The van der Waals surface area contributed by atoms with E-state index < -0.39 is 5.97 Å². The molecule has 0 radical (unpaired) electrons. The Morgan fingerprint density at radius 1 is 1.00 bits per heavy atom. The molecule has 4 heteroatoms. The summed E-state index contributed by atoms with van der Waals surface area (Å²) in [5.74, 6) is 0.0313. The van der Waals surface area contributed by atoms with Crippen LogP contribution in [0.3, 0.4) is 0 Å². The third-order valence-electron chi connectivity index (χ3n) is 5.13. The molecule has 114 valence electrons. The van der Waals surface area contributed by atoms with Gasteiger partial charge in [-0.2, -0.15) is 0 Å². The Hall–Kier alpha value is -1.06. The van der Waals surface area contributed by atoms with Gasteiger partial charge in [-0.15, -0.1) is 0 Å². The first-order valence-corrected chi connectivity index (χ1v) is 8.08. The molecular formula is C16H27NO3. The predicted octanol–water partition coefficient (Wildman–Crippen LogP) is 2.96. The highest BCUT2D eigenvalue weighted by Crippen LogP contribution is 2.38. The van der Waals surface area contributed by atoms with Crippen LogP contribution in [0.25, 0.3) is 0 Å². The normalized spacial score (nSPS) is 34.5. The van der Waals surface area contributed by atoms with E-state index in [9.17, 15) is 14.7 Å². The number of carboxylic acids is 1. The summed E-state index contributed by atoms with van der Waals surface area (Å²) < 4.78 is 0. The second-order valence-electron chi connectivity index (χ2n) is 6.58. The maximum Gasteiger partial charge on any atom is 0.306 e. The highest BCUT2D eigenvalue weighted by Gasteiger charge is 2.35. The molecule has 0 spiro atoms. The van der Waals surface area contributed by atoms with Crippen molar-refractivity contribution in [3.05, 3.63) is 0 Å². The van der Waals surface area contributed by atoms with Gasteiger partial charge in [-0.05, 0) is 43.9 Å². The Morgan fingerprint density at radius 2 is 1.60 bits per heavy atom. The van der Waals surface area contributed by atoms with Crippen molar-refractivity contribution < 1.29 is 14.7 Å². The van der Waals surface area contributed by atoms with E-state index >= 15 is 0 Å². The zero-order valence-electron chi connectivity index (χ0n) is 12.4. The quantitative estimate of drug-likeness (QED) is 0.832. The number of hydrogen-bond acceptors (Lipinski definition) is 2. The van der Waals surface area contributed by atoms with Gasteiger partial charge in [-0.1, -0.05) is 25.7 Å². The molecule has 2 N–H and O–H groups in total. The molecule has 4 unspecified atom stereocenters. The fraction of sp³-hybridized carbons (Fsp3) is 0.875. The summed E-state index contributed by atoms with van der Waals surface area (Å²) in [4.78, 5) is 22.7. The third-order valence-corrected chi connectivity index (χ3v) is 5.13. The van der Waals surface area contributed by atoms with Crippen LogP contribution in [0.4, 0.5) is 0 Å². The number of carboxylic acid groups (broad SMARTS) is 1. The zero-order chi connectivity index (χ0) is 14.5. The van der Waals surface area contributed by atoms with Gasteiger partial charge in [0.1, 0.15) is 0 Å². The maximum atomic E-state index is 11.4. The number of aliphatic carboxylic acids is 1. The molecule has 2 rings (SSSR count). The van der Waals surface area contributed by atoms with Crippen molar-refractivity contribution in [2.75, 3.05) is 0 Å². The summed E-state index contributed by atoms with van der Waals surface area (Å²) in [5, 5.41) is 12.5. The van der Waals surface area contributed by atoms with E-state index in [0.717, 1.165) is 44.9 Å². The number of carbonyl (C=O) groups is 2. The largest absolute Gasteiger partial charge is 0.481 e. The van der Waals surface area contributed by atoms with Crippen LogP contribution in [-0.2, 0) is 9.59 Å². The lowest BCUT2D eigenvalue weighted by Gasteiger charge is -2.37. The van der Waals surface area contributed by atoms with E-state index in [1.807, 2.05) is 0 Å². The van der Waals surface area contributed by atoms with Gasteiger partial charge in [0.15, 0.2) is 0 Å². The average Bonchev–Trinajstić information content (AvgIpc) is 2.41. The SMILES string of the molecule is CC(=O)NC1CCCCC1CC1CCCCC1C(=O)O. The highest BCUT2D eigenvalue weighted by atomic mass is 16.4. The number of hydrogen-bond donors (Lipinski definition) is 2. The van der Waals surface area contributed by atoms with Crippen LogP contribution in [0.1, 0.15) is 64.7 Å². The van der Waals surface area contributed by atoms with Crippen molar-refractivity contribution in [2.24, 2.45) is 17.8 Å². The molecule has 1 amide bonds. The Labute approximate surface area is 121 Å².